The van der Waals surface area contributed by atoms with Crippen molar-refractivity contribution in [1.82, 2.24) is 4.98 Å². The Morgan fingerprint density at radius 3 is 2.14 bits per heavy atom. The van der Waals surface area contributed by atoms with Gasteiger partial charge < -0.3 is 24.1 Å². The molecule has 0 atom stereocenters. The number of ether oxygens (including phenoxy) is 4. The molecule has 0 aliphatic heterocycles. The standard InChI is InChI=1S/C29H23NO6S/c1-33-20-6-4-19-13-21(7-5-18(19)12-20)36-28-23-14-24(34-2)25(35-3)16-26(23)37-27(28)15-22(29(31)32)17-8-10-30-11-9-17/h4-16H,1-3H3,(H,31,32)/b22-15+. The van der Waals surface area contributed by atoms with Gasteiger partial charge in [-0.2, -0.15) is 0 Å². The van der Waals surface area contributed by atoms with Crippen LogP contribution in [0, 0.1) is 0 Å². The van der Waals surface area contributed by atoms with E-state index in [0.717, 1.165) is 26.6 Å². The summed E-state index contributed by atoms with van der Waals surface area (Å²) in [5, 5.41) is 12.8. The van der Waals surface area contributed by atoms with Crippen molar-refractivity contribution < 1.29 is 28.8 Å². The molecule has 0 spiro atoms. The van der Waals surface area contributed by atoms with E-state index in [1.54, 1.807) is 51.9 Å². The molecule has 0 amide bonds. The van der Waals surface area contributed by atoms with Gasteiger partial charge in [-0.25, -0.2) is 4.79 Å². The maximum atomic E-state index is 12.2. The Morgan fingerprint density at radius 1 is 0.838 bits per heavy atom. The van der Waals surface area contributed by atoms with Crippen LogP contribution in [-0.2, 0) is 4.79 Å². The Kier molecular flexibility index (Phi) is 6.66. The fourth-order valence-electron chi connectivity index (χ4n) is 4.06. The van der Waals surface area contributed by atoms with E-state index in [9.17, 15) is 9.90 Å². The molecular formula is C29H23NO6S. The number of nitrogens with zero attached hydrogens (tertiary/aromatic N) is 1. The van der Waals surface area contributed by atoms with Crippen molar-refractivity contribution in [2.24, 2.45) is 0 Å². The normalized spacial score (nSPS) is 11.5. The minimum Gasteiger partial charge on any atom is -0.497 e. The molecule has 0 bridgehead atoms. The fourth-order valence-corrected chi connectivity index (χ4v) is 5.15. The number of pyridine rings is 1. The highest BCUT2D eigenvalue weighted by Crippen LogP contribution is 2.46. The van der Waals surface area contributed by atoms with Crippen molar-refractivity contribution in [2.45, 2.75) is 0 Å². The van der Waals surface area contributed by atoms with Crippen LogP contribution >= 0.6 is 11.3 Å². The van der Waals surface area contributed by atoms with E-state index in [2.05, 4.69) is 4.98 Å². The molecule has 5 aromatic rings. The molecule has 0 fully saturated rings. The minimum atomic E-state index is -1.05. The molecule has 8 heteroatoms. The molecule has 2 aromatic heterocycles. The SMILES string of the molecule is COc1ccc2cc(Oc3c(/C=C(/C(=O)O)c4ccncc4)sc4cc(OC)c(OC)cc34)ccc2c1. The number of hydrogen-bond donors (Lipinski definition) is 1. The average Bonchev–Trinajstić information content (AvgIpc) is 3.26. The monoisotopic (exact) mass is 513 g/mol. The molecule has 186 valence electrons. The summed E-state index contributed by atoms with van der Waals surface area (Å²) in [6.07, 6.45) is 4.75. The van der Waals surface area contributed by atoms with E-state index in [1.165, 1.54) is 11.3 Å². The molecule has 0 aliphatic carbocycles. The summed E-state index contributed by atoms with van der Waals surface area (Å²) in [7, 11) is 4.78. The number of carboxylic acid groups (broad SMARTS) is 1. The van der Waals surface area contributed by atoms with Crippen molar-refractivity contribution in [3.8, 4) is 28.7 Å². The van der Waals surface area contributed by atoms with Gasteiger partial charge in [-0.1, -0.05) is 12.1 Å². The van der Waals surface area contributed by atoms with Crippen molar-refractivity contribution in [2.75, 3.05) is 21.3 Å². The Labute approximate surface area is 217 Å². The van der Waals surface area contributed by atoms with E-state index in [-0.39, 0.29) is 5.57 Å². The quantitative estimate of drug-likeness (QED) is 0.226. The lowest BCUT2D eigenvalue weighted by atomic mass is 10.1. The lowest BCUT2D eigenvalue weighted by Crippen LogP contribution is -1.99. The fraction of sp³-hybridized carbons (Fsp3) is 0.103. The van der Waals surface area contributed by atoms with Crippen molar-refractivity contribution in [3.05, 3.63) is 83.5 Å². The van der Waals surface area contributed by atoms with E-state index in [1.807, 2.05) is 48.5 Å². The van der Waals surface area contributed by atoms with Crippen LogP contribution in [-0.4, -0.2) is 37.4 Å². The van der Waals surface area contributed by atoms with Crippen LogP contribution in [0.1, 0.15) is 10.4 Å². The first kappa shape index (κ1) is 24.1. The molecule has 3 aromatic carbocycles. The first-order valence-corrected chi connectivity index (χ1v) is 12.1. The highest BCUT2D eigenvalue weighted by atomic mass is 32.1. The lowest BCUT2D eigenvalue weighted by Gasteiger charge is -2.11. The van der Waals surface area contributed by atoms with Gasteiger partial charge >= 0.3 is 5.97 Å². The summed E-state index contributed by atoms with van der Waals surface area (Å²) in [5.74, 6) is 1.99. The van der Waals surface area contributed by atoms with E-state index in [4.69, 9.17) is 18.9 Å². The Balaban J connectivity index is 1.68. The van der Waals surface area contributed by atoms with Gasteiger partial charge in [0, 0.05) is 28.5 Å². The van der Waals surface area contributed by atoms with Crippen molar-refractivity contribution in [1.29, 1.82) is 0 Å². The van der Waals surface area contributed by atoms with Crippen molar-refractivity contribution in [3.63, 3.8) is 0 Å². The number of carbonyl (C=O) groups is 1. The molecule has 0 unspecified atom stereocenters. The summed E-state index contributed by atoms with van der Waals surface area (Å²) < 4.78 is 23.6. The third-order valence-corrected chi connectivity index (χ3v) is 6.99. The Hall–Kier alpha value is -4.56. The first-order valence-electron chi connectivity index (χ1n) is 11.3. The molecule has 1 N–H and O–H groups in total. The number of methoxy groups -OCH3 is 3. The van der Waals surface area contributed by atoms with Gasteiger partial charge in [0.25, 0.3) is 0 Å². The number of aliphatic carboxylic acids is 1. The number of hydrogen-bond acceptors (Lipinski definition) is 7. The summed E-state index contributed by atoms with van der Waals surface area (Å²) in [6, 6.07) is 18.6. The third-order valence-electron chi connectivity index (χ3n) is 5.91. The number of benzene rings is 3. The smallest absolute Gasteiger partial charge is 0.336 e. The van der Waals surface area contributed by atoms with Gasteiger partial charge in [-0.05, 0) is 64.9 Å². The minimum absolute atomic E-state index is 0.128. The number of carboxylic acids is 1. The van der Waals surface area contributed by atoms with Crippen LogP contribution in [0.2, 0.25) is 0 Å². The topological polar surface area (TPSA) is 87.1 Å². The Morgan fingerprint density at radius 2 is 1.49 bits per heavy atom. The van der Waals surface area contributed by atoms with Crippen LogP contribution in [0.15, 0.2) is 73.1 Å². The van der Waals surface area contributed by atoms with E-state index >= 15 is 0 Å². The van der Waals surface area contributed by atoms with Gasteiger partial charge in [-0.15, -0.1) is 11.3 Å². The van der Waals surface area contributed by atoms with Crippen LogP contribution in [0.4, 0.5) is 0 Å². The zero-order valence-electron chi connectivity index (χ0n) is 20.3. The maximum Gasteiger partial charge on any atom is 0.336 e. The predicted molar refractivity (Wildman–Crippen MR) is 145 cm³/mol. The van der Waals surface area contributed by atoms with Crippen LogP contribution in [0.3, 0.4) is 0 Å². The number of aromatic nitrogens is 1. The van der Waals surface area contributed by atoms with E-state index < -0.39 is 5.97 Å². The highest BCUT2D eigenvalue weighted by molar-refractivity contribution is 7.20. The van der Waals surface area contributed by atoms with Crippen LogP contribution in [0.5, 0.6) is 28.7 Å². The molecule has 5 rings (SSSR count). The zero-order chi connectivity index (χ0) is 25.9. The van der Waals surface area contributed by atoms with Gasteiger partial charge in [0.1, 0.15) is 11.5 Å². The predicted octanol–water partition coefficient (Wildman–Crippen LogP) is 6.89. The van der Waals surface area contributed by atoms with Gasteiger partial charge in [0.05, 0.1) is 31.8 Å². The highest BCUT2D eigenvalue weighted by Gasteiger charge is 2.20. The summed E-state index contributed by atoms with van der Waals surface area (Å²) in [5.41, 5.74) is 0.670. The summed E-state index contributed by atoms with van der Waals surface area (Å²) in [4.78, 5) is 16.9. The van der Waals surface area contributed by atoms with Crippen molar-refractivity contribution >= 4 is 49.8 Å². The molecule has 2 heterocycles. The second kappa shape index (κ2) is 10.2. The van der Waals surface area contributed by atoms with Gasteiger partial charge in [0.2, 0.25) is 0 Å². The largest absolute Gasteiger partial charge is 0.497 e. The Bertz CT molecular complexity index is 1640. The van der Waals surface area contributed by atoms with Crippen LogP contribution in [0.25, 0.3) is 32.5 Å². The number of rotatable bonds is 8. The van der Waals surface area contributed by atoms with Crippen LogP contribution < -0.4 is 18.9 Å². The zero-order valence-corrected chi connectivity index (χ0v) is 21.2. The van der Waals surface area contributed by atoms with Gasteiger partial charge in [0.15, 0.2) is 17.2 Å². The number of fused-ring (bicyclic) bond motifs is 2. The molecule has 37 heavy (non-hydrogen) atoms. The second-order valence-electron chi connectivity index (χ2n) is 8.07. The molecule has 0 saturated heterocycles. The lowest BCUT2D eigenvalue weighted by molar-refractivity contribution is -0.130. The number of thiophene rings is 1. The maximum absolute atomic E-state index is 12.2. The summed E-state index contributed by atoms with van der Waals surface area (Å²) >= 11 is 1.41. The summed E-state index contributed by atoms with van der Waals surface area (Å²) in [6.45, 7) is 0. The molecule has 0 aliphatic rings. The molecule has 0 radical (unpaired) electrons. The van der Waals surface area contributed by atoms with Gasteiger partial charge in [-0.3, -0.25) is 4.98 Å². The third kappa shape index (κ3) is 4.79. The molecule has 0 saturated carbocycles. The molecule has 7 nitrogen and oxygen atoms in total. The first-order chi connectivity index (χ1) is 18.0. The van der Waals surface area contributed by atoms with E-state index in [0.29, 0.717) is 33.4 Å². The molecular weight excluding hydrogens is 490 g/mol. The average molecular weight is 514 g/mol. The second-order valence-corrected chi connectivity index (χ2v) is 9.16.